The molecule has 0 unspecified atom stereocenters. The number of primary amides is 1. The number of nitrogens with two attached hydrogens (primary N) is 1. The topological polar surface area (TPSA) is 131 Å². The predicted molar refractivity (Wildman–Crippen MR) is 99.5 cm³/mol. The number of hydrazine groups is 1. The highest BCUT2D eigenvalue weighted by Gasteiger charge is 2.10. The Morgan fingerprint density at radius 3 is 2.69 bits per heavy atom. The summed E-state index contributed by atoms with van der Waals surface area (Å²) in [6.07, 6.45) is 2.56. The Balaban J connectivity index is 1.88. The van der Waals surface area contributed by atoms with Crippen LogP contribution in [0, 0.1) is 0 Å². The van der Waals surface area contributed by atoms with Gasteiger partial charge in [0.1, 0.15) is 0 Å². The number of aromatic nitrogens is 2. The van der Waals surface area contributed by atoms with Crippen LogP contribution in [-0.2, 0) is 11.3 Å². The number of nitrogens with zero attached hydrogens (tertiary/aromatic N) is 2. The van der Waals surface area contributed by atoms with Crippen LogP contribution >= 0.6 is 0 Å². The fourth-order valence-corrected chi connectivity index (χ4v) is 2.54. The molecule has 0 aliphatic heterocycles. The smallest absolute Gasteiger partial charge is 0.312 e. The molecule has 2 rings (SSSR count). The second kappa shape index (κ2) is 9.40. The number of unbranched alkanes of at least 4 members (excludes halogenated alkanes) is 2. The van der Waals surface area contributed by atoms with Gasteiger partial charge in [-0.15, -0.1) is 0 Å². The molecule has 1 aromatic heterocycles. The van der Waals surface area contributed by atoms with Crippen LogP contribution in [0.5, 0.6) is 0 Å². The first-order chi connectivity index (χ1) is 12.5. The molecule has 2 aromatic rings. The number of amides is 3. The number of anilines is 1. The summed E-state index contributed by atoms with van der Waals surface area (Å²) in [6, 6.07) is 6.53. The standard InChI is InChI=1S/C17H24N6O3/c1-2-23-15(25)12-8-5-6-9-13(12)20-17(23)22-21-14(24)10-4-3-7-11-19-16(18)26/h5-6,8-9H,2-4,7,10-11H2,1H3,(H,20,22)(H,21,24)(H3,18,19,26). The van der Waals surface area contributed by atoms with Crippen molar-refractivity contribution in [1.29, 1.82) is 0 Å². The molecule has 0 saturated carbocycles. The predicted octanol–water partition coefficient (Wildman–Crippen LogP) is 1.09. The van der Waals surface area contributed by atoms with Gasteiger partial charge in [-0.1, -0.05) is 18.6 Å². The van der Waals surface area contributed by atoms with Gasteiger partial charge in [0, 0.05) is 19.5 Å². The molecule has 5 N–H and O–H groups in total. The molecule has 9 heteroatoms. The van der Waals surface area contributed by atoms with E-state index in [0.29, 0.717) is 42.8 Å². The first-order valence-corrected chi connectivity index (χ1v) is 8.60. The summed E-state index contributed by atoms with van der Waals surface area (Å²) >= 11 is 0. The van der Waals surface area contributed by atoms with Crippen LogP contribution in [-0.4, -0.2) is 28.0 Å². The molecule has 1 aromatic carbocycles. The van der Waals surface area contributed by atoms with E-state index in [4.69, 9.17) is 5.73 Å². The van der Waals surface area contributed by atoms with Crippen molar-refractivity contribution >= 4 is 28.8 Å². The summed E-state index contributed by atoms with van der Waals surface area (Å²) < 4.78 is 1.47. The van der Waals surface area contributed by atoms with E-state index < -0.39 is 6.03 Å². The number of hydrogen-bond donors (Lipinski definition) is 4. The SMILES string of the molecule is CCn1c(NNC(=O)CCCCCNC(N)=O)nc2ccccc2c1=O. The van der Waals surface area contributed by atoms with Crippen LogP contribution in [0.2, 0.25) is 0 Å². The van der Waals surface area contributed by atoms with Crippen molar-refractivity contribution in [3.8, 4) is 0 Å². The molecule has 26 heavy (non-hydrogen) atoms. The summed E-state index contributed by atoms with van der Waals surface area (Å²) in [7, 11) is 0. The molecule has 140 valence electrons. The lowest BCUT2D eigenvalue weighted by Crippen LogP contribution is -2.34. The molecule has 0 spiro atoms. The van der Waals surface area contributed by atoms with Gasteiger partial charge < -0.3 is 11.1 Å². The summed E-state index contributed by atoms with van der Waals surface area (Å²) in [5.41, 5.74) is 10.7. The minimum atomic E-state index is -0.545. The highest BCUT2D eigenvalue weighted by molar-refractivity contribution is 5.80. The molecule has 3 amide bonds. The Morgan fingerprint density at radius 2 is 1.96 bits per heavy atom. The van der Waals surface area contributed by atoms with Gasteiger partial charge in [0.25, 0.3) is 5.56 Å². The molecule has 0 saturated heterocycles. The van der Waals surface area contributed by atoms with Crippen LogP contribution in [0.25, 0.3) is 10.9 Å². The molecule has 0 atom stereocenters. The highest BCUT2D eigenvalue weighted by Crippen LogP contribution is 2.10. The van der Waals surface area contributed by atoms with Crippen molar-refractivity contribution < 1.29 is 9.59 Å². The number of para-hydroxylation sites is 1. The van der Waals surface area contributed by atoms with Crippen molar-refractivity contribution in [3.63, 3.8) is 0 Å². The van der Waals surface area contributed by atoms with E-state index in [1.54, 1.807) is 24.3 Å². The highest BCUT2D eigenvalue weighted by atomic mass is 16.2. The number of urea groups is 1. The van der Waals surface area contributed by atoms with Gasteiger partial charge in [-0.2, -0.15) is 0 Å². The number of hydrogen-bond acceptors (Lipinski definition) is 5. The molecule has 0 aliphatic rings. The Labute approximate surface area is 150 Å². The number of fused-ring (bicyclic) bond motifs is 1. The van der Waals surface area contributed by atoms with E-state index in [9.17, 15) is 14.4 Å². The van der Waals surface area contributed by atoms with Crippen LogP contribution in [0.3, 0.4) is 0 Å². The Bertz CT molecular complexity index is 833. The fourth-order valence-electron chi connectivity index (χ4n) is 2.54. The first kappa shape index (κ1) is 19.2. The van der Waals surface area contributed by atoms with Crippen molar-refractivity contribution in [2.45, 2.75) is 39.2 Å². The van der Waals surface area contributed by atoms with Gasteiger partial charge >= 0.3 is 6.03 Å². The molecule has 0 radical (unpaired) electrons. The zero-order chi connectivity index (χ0) is 18.9. The molecule has 0 bridgehead atoms. The zero-order valence-electron chi connectivity index (χ0n) is 14.7. The van der Waals surface area contributed by atoms with E-state index in [-0.39, 0.29) is 11.5 Å². The molecule has 0 aliphatic carbocycles. The van der Waals surface area contributed by atoms with Crippen molar-refractivity contribution in [2.24, 2.45) is 5.73 Å². The third-order valence-corrected chi connectivity index (χ3v) is 3.87. The maximum atomic E-state index is 12.5. The van der Waals surface area contributed by atoms with Gasteiger partial charge in [0.15, 0.2) is 0 Å². The van der Waals surface area contributed by atoms with E-state index in [2.05, 4.69) is 21.2 Å². The van der Waals surface area contributed by atoms with Gasteiger partial charge in [0.05, 0.1) is 10.9 Å². The second-order valence-corrected chi connectivity index (χ2v) is 5.78. The van der Waals surface area contributed by atoms with Crippen LogP contribution in [0.4, 0.5) is 10.7 Å². The average molecular weight is 360 g/mol. The van der Waals surface area contributed by atoms with Gasteiger partial charge in [-0.25, -0.2) is 9.78 Å². The maximum absolute atomic E-state index is 12.5. The monoisotopic (exact) mass is 360 g/mol. The quantitative estimate of drug-likeness (QED) is 0.393. The minimum Gasteiger partial charge on any atom is -0.352 e. The maximum Gasteiger partial charge on any atom is 0.312 e. The van der Waals surface area contributed by atoms with Crippen LogP contribution in [0.15, 0.2) is 29.1 Å². The third kappa shape index (κ3) is 5.20. The van der Waals surface area contributed by atoms with Gasteiger partial charge in [-0.3, -0.25) is 25.0 Å². The average Bonchev–Trinajstić information content (AvgIpc) is 2.62. The minimum absolute atomic E-state index is 0.156. The van der Waals surface area contributed by atoms with Gasteiger partial charge in [0.2, 0.25) is 11.9 Å². The molecule has 0 fully saturated rings. The van der Waals surface area contributed by atoms with Crippen LogP contribution < -0.4 is 27.5 Å². The number of benzene rings is 1. The van der Waals surface area contributed by atoms with Crippen molar-refractivity contribution in [3.05, 3.63) is 34.6 Å². The van der Waals surface area contributed by atoms with E-state index in [0.717, 1.165) is 12.8 Å². The molecular formula is C17H24N6O3. The molecular weight excluding hydrogens is 336 g/mol. The van der Waals surface area contributed by atoms with E-state index in [1.165, 1.54) is 4.57 Å². The largest absolute Gasteiger partial charge is 0.352 e. The number of carbonyl (C=O) groups is 2. The lowest BCUT2D eigenvalue weighted by Gasteiger charge is -2.14. The number of carbonyl (C=O) groups excluding carboxylic acids is 2. The summed E-state index contributed by atoms with van der Waals surface area (Å²) in [5.74, 6) is 0.105. The first-order valence-electron chi connectivity index (χ1n) is 8.60. The zero-order valence-corrected chi connectivity index (χ0v) is 14.7. The normalized spacial score (nSPS) is 10.5. The Hall–Kier alpha value is -3.10. The summed E-state index contributed by atoms with van der Waals surface area (Å²) in [5, 5.41) is 3.04. The molecule has 9 nitrogen and oxygen atoms in total. The lowest BCUT2D eigenvalue weighted by atomic mass is 10.2. The van der Waals surface area contributed by atoms with Crippen LogP contribution in [0.1, 0.15) is 32.6 Å². The van der Waals surface area contributed by atoms with E-state index in [1.807, 2.05) is 6.92 Å². The Kier molecular flexibility index (Phi) is 6.95. The fraction of sp³-hybridized carbons (Fsp3) is 0.412. The van der Waals surface area contributed by atoms with Crippen molar-refractivity contribution in [2.75, 3.05) is 12.0 Å². The number of nitrogens with one attached hydrogen (secondary N) is 3. The van der Waals surface area contributed by atoms with Gasteiger partial charge in [-0.05, 0) is 31.9 Å². The second-order valence-electron chi connectivity index (χ2n) is 5.78. The Morgan fingerprint density at radius 1 is 1.19 bits per heavy atom. The van der Waals surface area contributed by atoms with E-state index >= 15 is 0 Å². The molecule has 1 heterocycles. The summed E-state index contributed by atoms with van der Waals surface area (Å²) in [6.45, 7) is 2.77. The number of rotatable bonds is 9. The third-order valence-electron chi connectivity index (χ3n) is 3.87. The van der Waals surface area contributed by atoms with Crippen molar-refractivity contribution in [1.82, 2.24) is 20.3 Å². The summed E-state index contributed by atoms with van der Waals surface area (Å²) in [4.78, 5) is 39.3. The lowest BCUT2D eigenvalue weighted by molar-refractivity contribution is -0.120.